The second kappa shape index (κ2) is 13.5. The van der Waals surface area contributed by atoms with Gasteiger partial charge in [-0.25, -0.2) is 0 Å². The summed E-state index contributed by atoms with van der Waals surface area (Å²) < 4.78 is 6.78. The van der Waals surface area contributed by atoms with Crippen molar-refractivity contribution in [3.63, 3.8) is 0 Å². The molecule has 0 saturated carbocycles. The lowest BCUT2D eigenvalue weighted by molar-refractivity contribution is 0.186. The fourth-order valence-corrected chi connectivity index (χ4v) is 10.2. The zero-order valence-electron chi connectivity index (χ0n) is 29.5. The summed E-state index contributed by atoms with van der Waals surface area (Å²) in [6, 6.07) is 38.2. The Morgan fingerprint density at radius 2 is 1.43 bits per heavy atom. The molecule has 1 radical (unpaired) electrons. The quantitative estimate of drug-likeness (QED) is 0.180. The van der Waals surface area contributed by atoms with Crippen molar-refractivity contribution in [2.75, 3.05) is 4.90 Å². The van der Waals surface area contributed by atoms with Crippen LogP contribution in [0.5, 0.6) is 0 Å². The van der Waals surface area contributed by atoms with Gasteiger partial charge in [0.2, 0.25) is 0 Å². The van der Waals surface area contributed by atoms with Crippen molar-refractivity contribution in [2.45, 2.75) is 44.4 Å². The highest BCUT2D eigenvalue weighted by Gasteiger charge is 2.43. The number of anilines is 3. The predicted molar refractivity (Wildman–Crippen MR) is 216 cm³/mol. The second-order valence-electron chi connectivity index (χ2n) is 14.7. The van der Waals surface area contributed by atoms with Crippen LogP contribution in [0.15, 0.2) is 180 Å². The molecule has 0 N–H and O–H groups in total. The lowest BCUT2D eigenvalue weighted by Gasteiger charge is -2.32. The van der Waals surface area contributed by atoms with E-state index in [9.17, 15) is 0 Å². The van der Waals surface area contributed by atoms with Gasteiger partial charge in [-0.05, 0) is 95.5 Å². The highest BCUT2D eigenvalue weighted by atomic mass is 28.3. The minimum atomic E-state index is -0.699. The number of nitrogens with zero attached hydrogens (tertiary/aromatic N) is 1. The van der Waals surface area contributed by atoms with Gasteiger partial charge in [-0.15, -0.1) is 0 Å². The topological polar surface area (TPSA) is 12.5 Å². The van der Waals surface area contributed by atoms with E-state index in [4.69, 9.17) is 4.74 Å². The van der Waals surface area contributed by atoms with Gasteiger partial charge < -0.3 is 9.64 Å². The third kappa shape index (κ3) is 5.94. The predicted octanol–water partition coefficient (Wildman–Crippen LogP) is 12.5. The monoisotopic (exact) mass is 678 g/mol. The molecule has 4 aromatic carbocycles. The molecule has 1 aliphatic heterocycles. The molecule has 4 aliphatic carbocycles. The standard InChI is InChI=1S/C48H44NOSi/c1-51(2)46-31-30-44-43-19-8-9-21-45(43)50-48(44)47(46)36-24-28-39(29-25-36)49(38-26-22-34(23-27-38)33-12-4-3-5-13-33)40-17-10-16-37(32-40)42-20-11-15-35-14-6-7-18-41(35)42/h3-6,8-17,19-29,31-32,41-45H,7,18,30H2,1-2H3. The zero-order chi connectivity index (χ0) is 34.3. The maximum Gasteiger partial charge on any atom is 0.124 e. The minimum absolute atomic E-state index is 0.137. The van der Waals surface area contributed by atoms with Gasteiger partial charge in [-0.1, -0.05) is 140 Å². The van der Waals surface area contributed by atoms with Crippen LogP contribution in [0.1, 0.15) is 36.3 Å². The van der Waals surface area contributed by atoms with Crippen molar-refractivity contribution >= 4 is 31.4 Å². The van der Waals surface area contributed by atoms with Crippen LogP contribution in [0.4, 0.5) is 17.1 Å². The van der Waals surface area contributed by atoms with Crippen LogP contribution in [0, 0.1) is 17.8 Å². The smallest absolute Gasteiger partial charge is 0.124 e. The van der Waals surface area contributed by atoms with Crippen molar-refractivity contribution in [3.05, 3.63) is 192 Å². The van der Waals surface area contributed by atoms with Gasteiger partial charge in [0.1, 0.15) is 11.9 Å². The molecule has 0 amide bonds. The van der Waals surface area contributed by atoms with Crippen molar-refractivity contribution in [2.24, 2.45) is 17.8 Å². The summed E-state index contributed by atoms with van der Waals surface area (Å²) in [5, 5.41) is 1.50. The Morgan fingerprint density at radius 1 is 0.686 bits per heavy atom. The van der Waals surface area contributed by atoms with Gasteiger partial charge in [0.25, 0.3) is 0 Å². The van der Waals surface area contributed by atoms with Crippen molar-refractivity contribution in [1.29, 1.82) is 0 Å². The molecule has 5 atom stereocenters. The highest BCUT2D eigenvalue weighted by Crippen LogP contribution is 2.50. The van der Waals surface area contributed by atoms with Crippen LogP contribution in [0.3, 0.4) is 0 Å². The van der Waals surface area contributed by atoms with Crippen molar-refractivity contribution in [1.82, 2.24) is 0 Å². The Bertz CT molecular complexity index is 2140. The summed E-state index contributed by atoms with van der Waals surface area (Å²) in [5.74, 6) is 2.92. The van der Waals surface area contributed by atoms with Crippen LogP contribution < -0.4 is 4.90 Å². The van der Waals surface area contributed by atoms with Gasteiger partial charge in [0.15, 0.2) is 0 Å². The van der Waals surface area contributed by atoms with Crippen molar-refractivity contribution in [3.8, 4) is 11.1 Å². The fraction of sp³-hybridized carbons (Fsp3) is 0.208. The molecule has 5 unspecified atom stereocenters. The first-order valence-electron chi connectivity index (χ1n) is 18.6. The largest absolute Gasteiger partial charge is 0.489 e. The molecular weight excluding hydrogens is 635 g/mol. The third-order valence-corrected chi connectivity index (χ3v) is 12.9. The van der Waals surface area contributed by atoms with E-state index in [1.54, 1.807) is 0 Å². The molecule has 0 spiro atoms. The van der Waals surface area contributed by atoms with Gasteiger partial charge in [-0.3, -0.25) is 0 Å². The van der Waals surface area contributed by atoms with Gasteiger partial charge in [0.05, 0.1) is 8.80 Å². The molecule has 3 heteroatoms. The minimum Gasteiger partial charge on any atom is -0.489 e. The first-order chi connectivity index (χ1) is 25.1. The Morgan fingerprint density at radius 3 is 2.22 bits per heavy atom. The van der Waals surface area contributed by atoms with Crippen LogP contribution in [0.25, 0.3) is 16.7 Å². The molecule has 0 bridgehead atoms. The fourth-order valence-electron chi connectivity index (χ4n) is 8.88. The number of allylic oxidation sites excluding steroid dienone is 12. The van der Waals surface area contributed by atoms with E-state index in [1.807, 2.05) is 0 Å². The van der Waals surface area contributed by atoms with Crippen LogP contribution in [-0.4, -0.2) is 14.9 Å². The summed E-state index contributed by atoms with van der Waals surface area (Å²) in [5.41, 5.74) is 11.3. The summed E-state index contributed by atoms with van der Waals surface area (Å²) >= 11 is 0. The molecule has 2 nitrogen and oxygen atoms in total. The summed E-state index contributed by atoms with van der Waals surface area (Å²) in [4.78, 5) is 2.43. The Kier molecular flexibility index (Phi) is 8.45. The van der Waals surface area contributed by atoms with Gasteiger partial charge in [-0.2, -0.15) is 0 Å². The molecule has 1 saturated heterocycles. The van der Waals surface area contributed by atoms with Gasteiger partial charge >= 0.3 is 0 Å². The molecule has 51 heavy (non-hydrogen) atoms. The number of fused-ring (bicyclic) bond motifs is 4. The number of benzene rings is 4. The number of ether oxygens (including phenoxy) is 1. The van der Waals surface area contributed by atoms with Crippen LogP contribution >= 0.6 is 0 Å². The lowest BCUT2D eigenvalue weighted by atomic mass is 9.74. The number of rotatable bonds is 7. The summed E-state index contributed by atoms with van der Waals surface area (Å²) in [7, 11) is -0.699. The van der Waals surface area contributed by atoms with E-state index >= 15 is 0 Å². The number of hydrogen-bond acceptors (Lipinski definition) is 2. The number of hydrogen-bond donors (Lipinski definition) is 0. The average molecular weight is 679 g/mol. The SMILES string of the molecule is C[Si](C)C1=CCC2C(=C1c1ccc(N(c3ccc(-c4ccccc4)cc3)c3cccc(C4C=CC=C5C=CCCC54)c3)cc1)OC1C=CC=CC12. The van der Waals surface area contributed by atoms with E-state index in [0.717, 1.165) is 24.2 Å². The molecular formula is C48H44NOSi. The van der Waals surface area contributed by atoms with E-state index < -0.39 is 8.80 Å². The Balaban J connectivity index is 1.11. The average Bonchev–Trinajstić information content (AvgIpc) is 3.57. The second-order valence-corrected chi connectivity index (χ2v) is 17.2. The van der Waals surface area contributed by atoms with E-state index in [2.05, 4.69) is 182 Å². The van der Waals surface area contributed by atoms with E-state index in [0.29, 0.717) is 23.7 Å². The Labute approximate surface area is 304 Å². The van der Waals surface area contributed by atoms with E-state index in [-0.39, 0.29) is 6.10 Å². The molecule has 9 rings (SSSR count). The first-order valence-corrected chi connectivity index (χ1v) is 21.1. The van der Waals surface area contributed by atoms with E-state index in [1.165, 1.54) is 56.5 Å². The zero-order valence-corrected chi connectivity index (χ0v) is 30.5. The molecule has 1 fully saturated rings. The van der Waals surface area contributed by atoms with Crippen LogP contribution in [0.2, 0.25) is 13.1 Å². The van der Waals surface area contributed by atoms with Crippen molar-refractivity contribution < 1.29 is 4.74 Å². The first kappa shape index (κ1) is 31.8. The molecule has 1 heterocycles. The normalized spacial score (nSPS) is 24.4. The Hall–Kier alpha value is -5.12. The lowest BCUT2D eigenvalue weighted by Crippen LogP contribution is -2.20. The maximum atomic E-state index is 6.78. The molecule has 251 valence electrons. The summed E-state index contributed by atoms with van der Waals surface area (Å²) in [6.45, 7) is 4.82. The third-order valence-electron chi connectivity index (χ3n) is 11.4. The summed E-state index contributed by atoms with van der Waals surface area (Å²) in [6.07, 6.45) is 26.6. The molecule has 0 aromatic heterocycles. The molecule has 5 aliphatic rings. The van der Waals surface area contributed by atoms with Crippen LogP contribution in [-0.2, 0) is 4.74 Å². The highest BCUT2D eigenvalue weighted by molar-refractivity contribution is 6.67. The molecule has 4 aromatic rings. The van der Waals surface area contributed by atoms with Gasteiger partial charge in [0, 0.05) is 40.4 Å². The maximum absolute atomic E-state index is 6.78.